The molecule has 2 N–H and O–H groups in total. The maximum Gasteiger partial charge on any atom is 0.405 e. The fourth-order valence-electron chi connectivity index (χ4n) is 1.09. The van der Waals surface area contributed by atoms with Gasteiger partial charge in [-0.15, -0.1) is 0 Å². The van der Waals surface area contributed by atoms with Crippen LogP contribution in [0.25, 0.3) is 0 Å². The van der Waals surface area contributed by atoms with Gasteiger partial charge in [-0.25, -0.2) is 4.79 Å². The molecule has 1 atom stereocenters. The minimum absolute atomic E-state index is 0.0475. The third kappa shape index (κ3) is 2.09. The standard InChI is InChI=1S/C7H11NO2/c9-7(10)8-6-4-2-1-3-5-6/h2,4,6,8H,1,3,5H2,(H,9,10)/t6-/m1/s1. The monoisotopic (exact) mass is 141 g/mol. The van der Waals surface area contributed by atoms with Gasteiger partial charge in [-0.1, -0.05) is 12.2 Å². The molecule has 0 heterocycles. The van der Waals surface area contributed by atoms with Crippen molar-refractivity contribution in [3.05, 3.63) is 12.2 Å². The highest BCUT2D eigenvalue weighted by molar-refractivity contribution is 5.65. The Hall–Kier alpha value is -0.990. The molecule has 0 radical (unpaired) electrons. The molecule has 0 aliphatic heterocycles. The smallest absolute Gasteiger partial charge is 0.405 e. The van der Waals surface area contributed by atoms with E-state index < -0.39 is 6.09 Å². The van der Waals surface area contributed by atoms with E-state index in [0.717, 1.165) is 19.3 Å². The predicted octanol–water partition coefficient (Wildman–Crippen LogP) is 1.36. The van der Waals surface area contributed by atoms with Crippen LogP contribution in [0.5, 0.6) is 0 Å². The quantitative estimate of drug-likeness (QED) is 0.542. The number of hydrogen-bond donors (Lipinski definition) is 2. The second-order valence-electron chi connectivity index (χ2n) is 2.42. The Morgan fingerprint density at radius 1 is 1.70 bits per heavy atom. The number of hydrogen-bond acceptors (Lipinski definition) is 1. The van der Waals surface area contributed by atoms with Crippen molar-refractivity contribution in [1.29, 1.82) is 0 Å². The molecule has 1 aliphatic rings. The molecule has 0 saturated carbocycles. The van der Waals surface area contributed by atoms with Gasteiger partial charge < -0.3 is 10.4 Å². The topological polar surface area (TPSA) is 49.3 Å². The van der Waals surface area contributed by atoms with E-state index in [0.29, 0.717) is 0 Å². The van der Waals surface area contributed by atoms with Crippen molar-refractivity contribution < 1.29 is 9.90 Å². The van der Waals surface area contributed by atoms with Gasteiger partial charge in [-0.05, 0) is 19.3 Å². The van der Waals surface area contributed by atoms with Gasteiger partial charge in [0.2, 0.25) is 0 Å². The molecule has 0 fully saturated rings. The molecule has 1 rings (SSSR count). The summed E-state index contributed by atoms with van der Waals surface area (Å²) < 4.78 is 0. The van der Waals surface area contributed by atoms with Crippen LogP contribution in [0.4, 0.5) is 4.79 Å². The summed E-state index contributed by atoms with van der Waals surface area (Å²) in [6.45, 7) is 0. The summed E-state index contributed by atoms with van der Waals surface area (Å²) in [5.41, 5.74) is 0. The van der Waals surface area contributed by atoms with Gasteiger partial charge in [0, 0.05) is 0 Å². The average molecular weight is 141 g/mol. The lowest BCUT2D eigenvalue weighted by Gasteiger charge is -2.15. The summed E-state index contributed by atoms with van der Waals surface area (Å²) in [5.74, 6) is 0. The Morgan fingerprint density at radius 3 is 3.00 bits per heavy atom. The van der Waals surface area contributed by atoms with Crippen molar-refractivity contribution >= 4 is 6.09 Å². The Labute approximate surface area is 59.7 Å². The second kappa shape index (κ2) is 3.25. The van der Waals surface area contributed by atoms with E-state index in [4.69, 9.17) is 5.11 Å². The highest BCUT2D eigenvalue weighted by Gasteiger charge is 2.09. The third-order valence-corrected chi connectivity index (χ3v) is 1.56. The number of rotatable bonds is 1. The first-order chi connectivity index (χ1) is 4.79. The van der Waals surface area contributed by atoms with Gasteiger partial charge in [0.15, 0.2) is 0 Å². The molecule has 1 aliphatic carbocycles. The van der Waals surface area contributed by atoms with Crippen LogP contribution in [-0.2, 0) is 0 Å². The van der Waals surface area contributed by atoms with Crippen molar-refractivity contribution in [2.24, 2.45) is 0 Å². The summed E-state index contributed by atoms with van der Waals surface area (Å²) in [5, 5.41) is 10.7. The molecule has 0 spiro atoms. The lowest BCUT2D eigenvalue weighted by molar-refractivity contribution is 0.191. The zero-order chi connectivity index (χ0) is 7.40. The molecule has 1 amide bonds. The zero-order valence-electron chi connectivity index (χ0n) is 5.71. The highest BCUT2D eigenvalue weighted by atomic mass is 16.4. The van der Waals surface area contributed by atoms with E-state index in [9.17, 15) is 4.79 Å². The summed E-state index contributed by atoms with van der Waals surface area (Å²) >= 11 is 0. The molecule has 3 heteroatoms. The van der Waals surface area contributed by atoms with Crippen molar-refractivity contribution in [1.82, 2.24) is 5.32 Å². The minimum atomic E-state index is -0.934. The van der Waals surface area contributed by atoms with Gasteiger partial charge in [0.1, 0.15) is 0 Å². The van der Waals surface area contributed by atoms with Crippen LogP contribution < -0.4 is 5.32 Å². The maximum absolute atomic E-state index is 10.1. The third-order valence-electron chi connectivity index (χ3n) is 1.56. The van der Waals surface area contributed by atoms with Crippen LogP contribution in [-0.4, -0.2) is 17.2 Å². The molecule has 0 aromatic rings. The first-order valence-electron chi connectivity index (χ1n) is 3.45. The molecular weight excluding hydrogens is 130 g/mol. The van der Waals surface area contributed by atoms with E-state index in [1.165, 1.54) is 0 Å². The lowest BCUT2D eigenvalue weighted by atomic mass is 10.0. The molecule has 56 valence electrons. The van der Waals surface area contributed by atoms with Crippen molar-refractivity contribution in [3.63, 3.8) is 0 Å². The van der Waals surface area contributed by atoms with Crippen molar-refractivity contribution in [3.8, 4) is 0 Å². The van der Waals surface area contributed by atoms with E-state index in [1.807, 2.05) is 12.2 Å². The van der Waals surface area contributed by atoms with E-state index in [-0.39, 0.29) is 6.04 Å². The van der Waals surface area contributed by atoms with Gasteiger partial charge >= 0.3 is 6.09 Å². The summed E-state index contributed by atoms with van der Waals surface area (Å²) in [4.78, 5) is 10.1. The minimum Gasteiger partial charge on any atom is -0.465 e. The maximum atomic E-state index is 10.1. The van der Waals surface area contributed by atoms with Crippen LogP contribution in [0.3, 0.4) is 0 Å². The Morgan fingerprint density at radius 2 is 2.50 bits per heavy atom. The largest absolute Gasteiger partial charge is 0.465 e. The van der Waals surface area contributed by atoms with E-state index in [1.54, 1.807) is 0 Å². The normalized spacial score (nSPS) is 24.2. The average Bonchev–Trinajstić information content (AvgIpc) is 1.88. The number of nitrogens with one attached hydrogen (secondary N) is 1. The zero-order valence-corrected chi connectivity index (χ0v) is 5.71. The number of amides is 1. The summed E-state index contributed by atoms with van der Waals surface area (Å²) in [7, 11) is 0. The summed E-state index contributed by atoms with van der Waals surface area (Å²) in [6.07, 6.45) is 6.10. The van der Waals surface area contributed by atoms with E-state index in [2.05, 4.69) is 5.32 Å². The van der Waals surface area contributed by atoms with Crippen LogP contribution in [0, 0.1) is 0 Å². The van der Waals surface area contributed by atoms with Gasteiger partial charge in [-0.3, -0.25) is 0 Å². The van der Waals surface area contributed by atoms with Crippen LogP contribution in [0.1, 0.15) is 19.3 Å². The van der Waals surface area contributed by atoms with Crippen LogP contribution >= 0.6 is 0 Å². The fourth-order valence-corrected chi connectivity index (χ4v) is 1.09. The fraction of sp³-hybridized carbons (Fsp3) is 0.571. The number of allylic oxidation sites excluding steroid dienone is 1. The van der Waals surface area contributed by atoms with Crippen molar-refractivity contribution in [2.75, 3.05) is 0 Å². The first kappa shape index (κ1) is 7.12. The lowest BCUT2D eigenvalue weighted by Crippen LogP contribution is -2.32. The predicted molar refractivity (Wildman–Crippen MR) is 37.9 cm³/mol. The molecule has 0 unspecified atom stereocenters. The van der Waals surface area contributed by atoms with Crippen LogP contribution in [0.15, 0.2) is 12.2 Å². The molecule has 0 saturated heterocycles. The Balaban J connectivity index is 2.33. The van der Waals surface area contributed by atoms with Crippen molar-refractivity contribution in [2.45, 2.75) is 25.3 Å². The summed E-state index contributed by atoms with van der Waals surface area (Å²) in [6, 6.07) is 0.0475. The van der Waals surface area contributed by atoms with Crippen LogP contribution in [0.2, 0.25) is 0 Å². The molecule has 0 bridgehead atoms. The Kier molecular flexibility index (Phi) is 2.31. The first-order valence-corrected chi connectivity index (χ1v) is 3.45. The molecule has 0 aromatic carbocycles. The highest BCUT2D eigenvalue weighted by Crippen LogP contribution is 2.09. The molecule has 0 aromatic heterocycles. The van der Waals surface area contributed by atoms with E-state index >= 15 is 0 Å². The number of carbonyl (C=O) groups is 1. The number of carboxylic acid groups (broad SMARTS) is 1. The van der Waals surface area contributed by atoms with Gasteiger partial charge in [-0.2, -0.15) is 0 Å². The second-order valence-corrected chi connectivity index (χ2v) is 2.42. The van der Waals surface area contributed by atoms with Gasteiger partial charge in [0.05, 0.1) is 6.04 Å². The Bertz CT molecular complexity index is 154. The molecule has 10 heavy (non-hydrogen) atoms. The molecular formula is C7H11NO2. The van der Waals surface area contributed by atoms with Gasteiger partial charge in [0.25, 0.3) is 0 Å². The SMILES string of the molecule is O=C(O)N[C@@H]1C=CCCC1. The molecule has 3 nitrogen and oxygen atoms in total.